The summed E-state index contributed by atoms with van der Waals surface area (Å²) in [5, 5.41) is 1.98. The number of Topliss-reactive ketones (excluding diaryl/α,β-unsaturated/α-hetero) is 2. The van der Waals surface area contributed by atoms with E-state index in [9.17, 15) is 19.2 Å². The van der Waals surface area contributed by atoms with Gasteiger partial charge in [-0.15, -0.1) is 11.8 Å². The Morgan fingerprint density at radius 1 is 0.926 bits per heavy atom. The molecule has 3 aliphatic rings. The number of fused-ring (bicyclic) bond motifs is 1. The molecule has 1 aromatic rings. The first kappa shape index (κ1) is 17.9. The van der Waals surface area contributed by atoms with Crippen molar-refractivity contribution < 1.29 is 19.2 Å². The number of ketones is 2. The van der Waals surface area contributed by atoms with Crippen LogP contribution in [0.2, 0.25) is 0 Å². The third-order valence-corrected chi connectivity index (χ3v) is 6.38. The van der Waals surface area contributed by atoms with Crippen molar-refractivity contribution in [2.24, 2.45) is 5.92 Å². The monoisotopic (exact) mass is 381 g/mol. The highest BCUT2D eigenvalue weighted by Crippen LogP contribution is 2.37. The van der Waals surface area contributed by atoms with Crippen LogP contribution >= 0.6 is 11.8 Å². The average Bonchev–Trinajstić information content (AvgIpc) is 3.00. The van der Waals surface area contributed by atoms with Gasteiger partial charge in [0, 0.05) is 24.3 Å². The minimum atomic E-state index is -0.582. The van der Waals surface area contributed by atoms with Crippen molar-refractivity contribution in [3.05, 3.63) is 57.4 Å². The van der Waals surface area contributed by atoms with Gasteiger partial charge >= 0.3 is 0 Å². The smallest absolute Gasteiger partial charge is 0.261 e. The molecule has 1 saturated carbocycles. The summed E-state index contributed by atoms with van der Waals surface area (Å²) >= 11 is 1.44. The maximum atomic E-state index is 12.4. The van der Waals surface area contributed by atoms with E-state index in [1.807, 2.05) is 11.5 Å². The van der Waals surface area contributed by atoms with Gasteiger partial charge in [-0.1, -0.05) is 23.8 Å². The fourth-order valence-corrected chi connectivity index (χ4v) is 4.91. The van der Waals surface area contributed by atoms with Crippen LogP contribution in [0.15, 0.2) is 46.2 Å². The molecular formula is C21H19NO4S. The van der Waals surface area contributed by atoms with Crippen molar-refractivity contribution in [1.29, 1.82) is 0 Å². The van der Waals surface area contributed by atoms with Crippen LogP contribution in [0.3, 0.4) is 0 Å². The quantitative estimate of drug-likeness (QED) is 0.589. The van der Waals surface area contributed by atoms with Crippen LogP contribution in [0.5, 0.6) is 0 Å². The Morgan fingerprint density at radius 2 is 1.56 bits per heavy atom. The molecular weight excluding hydrogens is 362 g/mol. The molecule has 27 heavy (non-hydrogen) atoms. The van der Waals surface area contributed by atoms with Crippen LogP contribution in [0, 0.1) is 5.92 Å². The number of hydrogen-bond acceptors (Lipinski definition) is 5. The van der Waals surface area contributed by atoms with Gasteiger partial charge < -0.3 is 0 Å². The lowest BCUT2D eigenvalue weighted by atomic mass is 10.0. The number of amides is 2. The van der Waals surface area contributed by atoms with Gasteiger partial charge in [0.25, 0.3) is 11.8 Å². The first-order valence-electron chi connectivity index (χ1n) is 9.11. The lowest BCUT2D eigenvalue weighted by Crippen LogP contribution is -2.30. The number of benzene rings is 1. The predicted molar refractivity (Wildman–Crippen MR) is 102 cm³/mol. The van der Waals surface area contributed by atoms with Gasteiger partial charge in [0.1, 0.15) is 17.5 Å². The van der Waals surface area contributed by atoms with E-state index in [0.29, 0.717) is 36.9 Å². The molecule has 2 amide bonds. The molecule has 0 spiro atoms. The number of imide groups is 1. The Labute approximate surface area is 161 Å². The molecule has 1 aliphatic carbocycles. The van der Waals surface area contributed by atoms with E-state index in [2.05, 4.69) is 0 Å². The summed E-state index contributed by atoms with van der Waals surface area (Å²) < 4.78 is 0. The van der Waals surface area contributed by atoms with Gasteiger partial charge in [0.05, 0.1) is 11.1 Å². The van der Waals surface area contributed by atoms with E-state index in [1.165, 1.54) is 16.7 Å². The lowest BCUT2D eigenvalue weighted by Gasteiger charge is -2.14. The van der Waals surface area contributed by atoms with Crippen molar-refractivity contribution in [2.75, 3.05) is 6.54 Å². The van der Waals surface area contributed by atoms with Gasteiger partial charge in [-0.25, -0.2) is 0 Å². The number of rotatable bonds is 4. The summed E-state index contributed by atoms with van der Waals surface area (Å²) in [4.78, 5) is 51.0. The van der Waals surface area contributed by atoms with E-state index in [0.717, 1.165) is 23.3 Å². The second-order valence-electron chi connectivity index (χ2n) is 6.96. The maximum absolute atomic E-state index is 12.4. The first-order valence-corrected chi connectivity index (χ1v) is 9.99. The molecule has 0 bridgehead atoms. The van der Waals surface area contributed by atoms with E-state index < -0.39 is 5.92 Å². The number of nitrogens with zero attached hydrogens (tertiary/aromatic N) is 1. The molecule has 138 valence electrons. The summed E-state index contributed by atoms with van der Waals surface area (Å²) in [6.45, 7) is 0.343. The summed E-state index contributed by atoms with van der Waals surface area (Å²) in [6, 6.07) is 6.89. The van der Waals surface area contributed by atoms with Crippen LogP contribution < -0.4 is 0 Å². The third kappa shape index (κ3) is 3.30. The standard InChI is InChI=1S/C21H19NO4S/c23-16-8-9-17(24)19(16)18-7-3-4-13(12-27-18)10-11-22-20(25)14-5-1-2-6-15(14)21(22)26/h1-2,5-7,12,19H,3-4,8-11H2. The molecule has 2 heterocycles. The third-order valence-electron chi connectivity index (χ3n) is 5.25. The summed E-state index contributed by atoms with van der Waals surface area (Å²) in [7, 11) is 0. The van der Waals surface area contributed by atoms with Gasteiger partial charge in [-0.2, -0.15) is 0 Å². The highest BCUT2D eigenvalue weighted by atomic mass is 32.2. The van der Waals surface area contributed by atoms with Crippen LogP contribution in [0.1, 0.15) is 52.8 Å². The summed E-state index contributed by atoms with van der Waals surface area (Å²) in [6.07, 6.45) is 4.84. The van der Waals surface area contributed by atoms with E-state index in [4.69, 9.17) is 0 Å². The molecule has 0 N–H and O–H groups in total. The summed E-state index contributed by atoms with van der Waals surface area (Å²) in [5.74, 6) is -1.03. The highest BCUT2D eigenvalue weighted by molar-refractivity contribution is 8.05. The molecule has 2 aliphatic heterocycles. The van der Waals surface area contributed by atoms with Gasteiger partial charge in [0.15, 0.2) is 0 Å². The Kier molecular flexibility index (Phi) is 4.83. The van der Waals surface area contributed by atoms with E-state index >= 15 is 0 Å². The van der Waals surface area contributed by atoms with Crippen molar-refractivity contribution in [2.45, 2.75) is 32.1 Å². The van der Waals surface area contributed by atoms with Crippen molar-refractivity contribution >= 4 is 35.1 Å². The molecule has 0 atom stereocenters. The molecule has 6 heteroatoms. The first-order chi connectivity index (χ1) is 13.1. The second kappa shape index (κ2) is 7.27. The molecule has 1 fully saturated rings. The zero-order chi connectivity index (χ0) is 19.0. The van der Waals surface area contributed by atoms with Crippen molar-refractivity contribution in [3.63, 3.8) is 0 Å². The van der Waals surface area contributed by atoms with Crippen molar-refractivity contribution in [1.82, 2.24) is 4.90 Å². The molecule has 1 aromatic carbocycles. The largest absolute Gasteiger partial charge is 0.298 e. The topological polar surface area (TPSA) is 71.5 Å². The lowest BCUT2D eigenvalue weighted by molar-refractivity contribution is -0.125. The zero-order valence-corrected chi connectivity index (χ0v) is 15.6. The Balaban J connectivity index is 1.40. The SMILES string of the molecule is O=C1CCC(=O)C1C1=CCCC(CCN2C(=O)c3ccccc3C2=O)=CS1. The van der Waals surface area contributed by atoms with Gasteiger partial charge in [-0.05, 0) is 36.8 Å². The number of hydrogen-bond donors (Lipinski definition) is 0. The van der Waals surface area contributed by atoms with Crippen LogP contribution in [-0.2, 0) is 9.59 Å². The number of carbonyl (C=O) groups excluding carboxylic acids is 4. The molecule has 0 aromatic heterocycles. The van der Waals surface area contributed by atoms with Crippen LogP contribution in [0.25, 0.3) is 0 Å². The second-order valence-corrected chi connectivity index (χ2v) is 7.91. The van der Waals surface area contributed by atoms with Crippen LogP contribution in [0.4, 0.5) is 0 Å². The molecule has 4 rings (SSSR count). The van der Waals surface area contributed by atoms with E-state index in [-0.39, 0.29) is 23.4 Å². The zero-order valence-electron chi connectivity index (χ0n) is 14.8. The van der Waals surface area contributed by atoms with E-state index in [1.54, 1.807) is 24.3 Å². The molecule has 5 nitrogen and oxygen atoms in total. The van der Waals surface area contributed by atoms with Crippen molar-refractivity contribution in [3.8, 4) is 0 Å². The number of carbonyl (C=O) groups is 4. The normalized spacial score (nSPS) is 20.7. The maximum Gasteiger partial charge on any atom is 0.261 e. The fraction of sp³-hybridized carbons (Fsp3) is 0.333. The minimum absolute atomic E-state index is 0.0154. The fourth-order valence-electron chi connectivity index (χ4n) is 3.76. The molecule has 0 unspecified atom stereocenters. The Morgan fingerprint density at radius 3 is 2.19 bits per heavy atom. The molecule has 0 radical (unpaired) electrons. The number of allylic oxidation sites excluding steroid dienone is 2. The van der Waals surface area contributed by atoms with Gasteiger partial charge in [-0.3, -0.25) is 24.1 Å². The predicted octanol–water partition coefficient (Wildman–Crippen LogP) is 3.52. The summed E-state index contributed by atoms with van der Waals surface area (Å²) in [5.41, 5.74) is 2.06. The number of thioether (sulfide) groups is 1. The average molecular weight is 381 g/mol. The minimum Gasteiger partial charge on any atom is -0.298 e. The Bertz CT molecular complexity index is 864. The van der Waals surface area contributed by atoms with Gasteiger partial charge in [0.2, 0.25) is 0 Å². The van der Waals surface area contributed by atoms with Crippen LogP contribution in [-0.4, -0.2) is 34.8 Å². The highest BCUT2D eigenvalue weighted by Gasteiger charge is 2.36. The molecule has 0 saturated heterocycles. The Hall–Kier alpha value is -2.47.